The van der Waals surface area contributed by atoms with E-state index in [0.717, 1.165) is 37.7 Å². The van der Waals surface area contributed by atoms with Crippen molar-refractivity contribution in [3.8, 4) is 0 Å². The summed E-state index contributed by atoms with van der Waals surface area (Å²) in [5.41, 5.74) is 2.95. The van der Waals surface area contributed by atoms with Gasteiger partial charge in [-0.05, 0) is 55.2 Å². The van der Waals surface area contributed by atoms with E-state index in [2.05, 4.69) is 27.2 Å². The molecule has 4 heterocycles. The van der Waals surface area contributed by atoms with Gasteiger partial charge in [-0.1, -0.05) is 0 Å². The second-order valence-electron chi connectivity index (χ2n) is 9.81. The highest BCUT2D eigenvalue weighted by Gasteiger charge is 2.46. The molecule has 2 aromatic heterocycles. The zero-order valence-corrected chi connectivity index (χ0v) is 18.8. The Balaban J connectivity index is 1.17. The largest absolute Gasteiger partial charge is 0.416 e. The molecule has 2 aliphatic heterocycles. The molecule has 0 spiro atoms. The van der Waals surface area contributed by atoms with Crippen LogP contribution in [0.5, 0.6) is 0 Å². The molecule has 34 heavy (non-hydrogen) atoms. The number of hydrogen-bond acceptors (Lipinski definition) is 5. The maximum absolute atomic E-state index is 13.8. The van der Waals surface area contributed by atoms with Crippen molar-refractivity contribution in [3.05, 3.63) is 52.8 Å². The van der Waals surface area contributed by atoms with Gasteiger partial charge in [0.25, 0.3) is 5.91 Å². The molecule has 10 heteroatoms. The van der Waals surface area contributed by atoms with Gasteiger partial charge in [0.15, 0.2) is 0 Å². The summed E-state index contributed by atoms with van der Waals surface area (Å²) < 4.78 is 43.0. The molecule has 1 N–H and O–H groups in total. The van der Waals surface area contributed by atoms with Gasteiger partial charge in [0.1, 0.15) is 11.5 Å². The molecule has 3 fully saturated rings. The minimum absolute atomic E-state index is 0.0475. The Hall–Kier alpha value is -3.17. The van der Waals surface area contributed by atoms with Gasteiger partial charge in [0.2, 0.25) is 0 Å². The van der Waals surface area contributed by atoms with Gasteiger partial charge in [0.05, 0.1) is 36.7 Å². The third kappa shape index (κ3) is 3.78. The number of fused-ring (bicyclic) bond motifs is 2. The van der Waals surface area contributed by atoms with E-state index in [1.807, 2.05) is 4.90 Å². The van der Waals surface area contributed by atoms with Gasteiger partial charge in [-0.15, -0.1) is 0 Å². The zero-order chi connectivity index (χ0) is 23.6. The number of nitrogens with one attached hydrogen (secondary N) is 1. The molecular formula is C24H25F3N6O. The van der Waals surface area contributed by atoms with Crippen molar-refractivity contribution in [1.82, 2.24) is 19.9 Å². The Morgan fingerprint density at radius 1 is 1.24 bits per heavy atom. The summed E-state index contributed by atoms with van der Waals surface area (Å²) >= 11 is 0. The topological polar surface area (TPSA) is 75.4 Å². The minimum Gasteiger partial charge on any atom is -0.356 e. The first-order valence-corrected chi connectivity index (χ1v) is 11.6. The van der Waals surface area contributed by atoms with Gasteiger partial charge in [-0.2, -0.15) is 13.2 Å². The predicted molar refractivity (Wildman–Crippen MR) is 120 cm³/mol. The van der Waals surface area contributed by atoms with Gasteiger partial charge in [0, 0.05) is 31.0 Å². The fourth-order valence-corrected chi connectivity index (χ4v) is 5.45. The van der Waals surface area contributed by atoms with E-state index in [-0.39, 0.29) is 29.8 Å². The molecular weight excluding hydrogens is 445 g/mol. The van der Waals surface area contributed by atoms with Crippen LogP contribution in [0.3, 0.4) is 0 Å². The number of aliphatic imine (C=N–C) groups is 1. The lowest BCUT2D eigenvalue weighted by Gasteiger charge is -2.21. The average Bonchev–Trinajstić information content (AvgIpc) is 3.26. The summed E-state index contributed by atoms with van der Waals surface area (Å²) in [6.07, 6.45) is 2.52. The van der Waals surface area contributed by atoms with Crippen LogP contribution in [-0.2, 0) is 12.7 Å². The number of alkyl halides is 3. The molecule has 0 bridgehead atoms. The van der Waals surface area contributed by atoms with Gasteiger partial charge < -0.3 is 14.8 Å². The van der Waals surface area contributed by atoms with Crippen LogP contribution in [0.4, 0.5) is 19.0 Å². The van der Waals surface area contributed by atoms with Crippen molar-refractivity contribution >= 4 is 17.4 Å². The number of imidazole rings is 1. The van der Waals surface area contributed by atoms with Crippen molar-refractivity contribution in [2.75, 3.05) is 24.5 Å². The number of carbonyl (C=O) groups excluding carboxylic acids is 1. The summed E-state index contributed by atoms with van der Waals surface area (Å²) in [6, 6.07) is 1.01. The number of piperidine rings is 1. The van der Waals surface area contributed by atoms with Crippen LogP contribution in [0.25, 0.3) is 0 Å². The molecule has 1 saturated heterocycles. The maximum Gasteiger partial charge on any atom is 0.416 e. The van der Waals surface area contributed by atoms with Crippen LogP contribution in [0.1, 0.15) is 47.8 Å². The quantitative estimate of drug-likeness (QED) is 0.726. The lowest BCUT2D eigenvalue weighted by atomic mass is 10.1. The van der Waals surface area contributed by atoms with Crippen LogP contribution in [0, 0.1) is 11.8 Å². The lowest BCUT2D eigenvalue weighted by molar-refractivity contribution is -0.138. The summed E-state index contributed by atoms with van der Waals surface area (Å²) in [6.45, 7) is 4.22. The van der Waals surface area contributed by atoms with Crippen LogP contribution >= 0.6 is 0 Å². The van der Waals surface area contributed by atoms with Crippen molar-refractivity contribution in [2.24, 2.45) is 16.8 Å². The van der Waals surface area contributed by atoms with Crippen LogP contribution in [0.2, 0.25) is 0 Å². The average molecular weight is 470 g/mol. The summed E-state index contributed by atoms with van der Waals surface area (Å²) in [7, 11) is 0. The minimum atomic E-state index is -4.50. The van der Waals surface area contributed by atoms with Crippen LogP contribution in [0.15, 0.2) is 40.9 Å². The van der Waals surface area contributed by atoms with Crippen LogP contribution < -0.4 is 10.2 Å². The number of halogens is 3. The van der Waals surface area contributed by atoms with Crippen molar-refractivity contribution in [2.45, 2.75) is 44.9 Å². The van der Waals surface area contributed by atoms with Crippen molar-refractivity contribution in [1.29, 1.82) is 0 Å². The Bertz CT molecular complexity index is 1220. The summed E-state index contributed by atoms with van der Waals surface area (Å²) in [5, 5.41) is 2.97. The van der Waals surface area contributed by atoms with E-state index in [0.29, 0.717) is 24.2 Å². The SMILES string of the molecule is CC1=C2CC[C@@H](NC(=O)c3cn(Cc4cnc(N5CC6CC6C5)cc4C(F)(F)F)cn3)C2=NC1. The molecule has 2 aromatic rings. The molecule has 7 nitrogen and oxygen atoms in total. The lowest BCUT2D eigenvalue weighted by Crippen LogP contribution is -2.37. The number of nitrogens with zero attached hydrogens (tertiary/aromatic N) is 5. The standard InChI is InChI=1S/C24H25F3N6O/c1-13-6-29-22-17(13)2-3-19(22)31-23(34)20-11-32(12-30-20)8-16-7-28-21(5-18(16)24(25,26)27)33-9-14-4-15(14)10-33/h5,7,11-12,14-15,19H,2-4,6,8-10H2,1H3,(H,31,34)/t14?,15?,19-/m1/s1. The first kappa shape index (κ1) is 21.4. The molecule has 0 radical (unpaired) electrons. The molecule has 6 rings (SSSR count). The van der Waals surface area contributed by atoms with Crippen molar-refractivity contribution in [3.63, 3.8) is 0 Å². The fraction of sp³-hybridized carbons (Fsp3) is 0.500. The highest BCUT2D eigenvalue weighted by molar-refractivity contribution is 6.10. The highest BCUT2D eigenvalue weighted by Crippen LogP contribution is 2.46. The van der Waals surface area contributed by atoms with E-state index >= 15 is 0 Å². The molecule has 2 saturated carbocycles. The number of rotatable bonds is 5. The first-order chi connectivity index (χ1) is 16.3. The van der Waals surface area contributed by atoms with E-state index in [9.17, 15) is 18.0 Å². The Kier molecular flexibility index (Phi) is 4.82. The normalized spacial score (nSPS) is 25.5. The summed E-state index contributed by atoms with van der Waals surface area (Å²) in [5.74, 6) is 1.23. The molecule has 3 atom stereocenters. The molecule has 2 aliphatic carbocycles. The summed E-state index contributed by atoms with van der Waals surface area (Å²) in [4.78, 5) is 27.7. The maximum atomic E-state index is 13.8. The van der Waals surface area contributed by atoms with E-state index in [1.165, 1.54) is 40.9 Å². The third-order valence-corrected chi connectivity index (χ3v) is 7.43. The Labute approximate surface area is 194 Å². The fourth-order valence-electron chi connectivity index (χ4n) is 5.45. The van der Waals surface area contributed by atoms with E-state index < -0.39 is 11.7 Å². The highest BCUT2D eigenvalue weighted by atomic mass is 19.4. The van der Waals surface area contributed by atoms with Crippen LogP contribution in [-0.4, -0.2) is 51.8 Å². The second kappa shape index (κ2) is 7.68. The van der Waals surface area contributed by atoms with E-state index in [1.54, 1.807) is 0 Å². The number of amides is 1. The number of carbonyl (C=O) groups is 1. The molecule has 178 valence electrons. The Morgan fingerprint density at radius 3 is 2.79 bits per heavy atom. The number of anilines is 1. The first-order valence-electron chi connectivity index (χ1n) is 11.6. The van der Waals surface area contributed by atoms with Crippen molar-refractivity contribution < 1.29 is 18.0 Å². The number of hydrogen-bond donors (Lipinski definition) is 1. The molecule has 2 unspecified atom stereocenters. The van der Waals surface area contributed by atoms with Gasteiger partial charge >= 0.3 is 6.18 Å². The number of pyridine rings is 1. The second-order valence-corrected chi connectivity index (χ2v) is 9.81. The smallest absolute Gasteiger partial charge is 0.356 e. The number of aromatic nitrogens is 3. The van der Waals surface area contributed by atoms with Gasteiger partial charge in [-0.25, -0.2) is 9.97 Å². The van der Waals surface area contributed by atoms with E-state index in [4.69, 9.17) is 0 Å². The third-order valence-electron chi connectivity index (χ3n) is 7.43. The molecule has 1 amide bonds. The monoisotopic (exact) mass is 470 g/mol. The zero-order valence-electron chi connectivity index (χ0n) is 18.8. The molecule has 0 aromatic carbocycles. The predicted octanol–water partition coefficient (Wildman–Crippen LogP) is 3.46. The molecule has 4 aliphatic rings. The Morgan fingerprint density at radius 2 is 2.03 bits per heavy atom. The van der Waals surface area contributed by atoms with Gasteiger partial charge in [-0.3, -0.25) is 9.79 Å².